The van der Waals surface area contributed by atoms with Crippen molar-refractivity contribution < 1.29 is 14.3 Å². The first-order valence-electron chi connectivity index (χ1n) is 9.67. The van der Waals surface area contributed by atoms with E-state index >= 15 is 0 Å². The summed E-state index contributed by atoms with van der Waals surface area (Å²) in [6.07, 6.45) is 3.92. The van der Waals surface area contributed by atoms with Gasteiger partial charge < -0.3 is 9.64 Å². The van der Waals surface area contributed by atoms with Crippen LogP contribution in [-0.4, -0.2) is 51.1 Å². The zero-order valence-electron chi connectivity index (χ0n) is 16.9. The number of nitrogens with zero attached hydrogens (tertiary/aromatic N) is 5. The minimum atomic E-state index is -0.605. The highest BCUT2D eigenvalue weighted by Crippen LogP contribution is 2.43. The van der Waals surface area contributed by atoms with Crippen LogP contribution in [0.15, 0.2) is 24.3 Å². The fourth-order valence-electron chi connectivity index (χ4n) is 4.01. The number of rotatable bonds is 5. The molecular weight excluding hydrogens is 358 g/mol. The van der Waals surface area contributed by atoms with Crippen molar-refractivity contribution in [2.45, 2.75) is 51.5 Å². The van der Waals surface area contributed by atoms with E-state index in [2.05, 4.69) is 22.4 Å². The molecule has 3 rings (SSSR count). The van der Waals surface area contributed by atoms with Gasteiger partial charge in [0.05, 0.1) is 18.4 Å². The highest BCUT2D eigenvalue weighted by atomic mass is 16.5. The standard InChI is InChI=1S/C20H27N5O3/c1-5-17(26)24(3)20(12-10-14(2)11-13-20)19-21-22-23-25(19)16-9-7-6-8-15(16)18(27)28-4/h6-9,14H,5,10-13H2,1-4H3. The van der Waals surface area contributed by atoms with Gasteiger partial charge in [0.25, 0.3) is 0 Å². The highest BCUT2D eigenvalue weighted by molar-refractivity contribution is 5.93. The molecule has 0 saturated heterocycles. The van der Waals surface area contributed by atoms with E-state index in [0.717, 1.165) is 25.7 Å². The average molecular weight is 385 g/mol. The number of carbonyl (C=O) groups is 2. The molecule has 8 nitrogen and oxygen atoms in total. The largest absolute Gasteiger partial charge is 0.465 e. The van der Waals surface area contributed by atoms with E-state index in [1.807, 2.05) is 20.0 Å². The molecule has 0 bridgehead atoms. The zero-order chi connectivity index (χ0) is 20.3. The molecule has 1 aromatic carbocycles. The summed E-state index contributed by atoms with van der Waals surface area (Å²) < 4.78 is 6.50. The molecular formula is C20H27N5O3. The minimum absolute atomic E-state index is 0.0466. The SMILES string of the molecule is CCC(=O)N(C)C1(c2nnnn2-c2ccccc2C(=O)OC)CCC(C)CC1. The second kappa shape index (κ2) is 8.08. The molecule has 1 amide bonds. The van der Waals surface area contributed by atoms with Crippen molar-refractivity contribution in [2.75, 3.05) is 14.2 Å². The Balaban J connectivity index is 2.15. The van der Waals surface area contributed by atoms with Gasteiger partial charge in [-0.25, -0.2) is 4.79 Å². The number of para-hydroxylation sites is 1. The Morgan fingerprint density at radius 1 is 1.29 bits per heavy atom. The molecule has 0 radical (unpaired) electrons. The Kier molecular flexibility index (Phi) is 5.76. The second-order valence-electron chi connectivity index (χ2n) is 7.44. The van der Waals surface area contributed by atoms with Gasteiger partial charge in [0.2, 0.25) is 5.91 Å². The van der Waals surface area contributed by atoms with Crippen LogP contribution in [0.1, 0.15) is 62.1 Å². The summed E-state index contributed by atoms with van der Waals surface area (Å²) in [6.45, 7) is 4.08. The molecule has 1 aliphatic carbocycles. The molecule has 1 aliphatic rings. The van der Waals surface area contributed by atoms with Crippen LogP contribution >= 0.6 is 0 Å². The topological polar surface area (TPSA) is 90.2 Å². The molecule has 0 aliphatic heterocycles. The van der Waals surface area contributed by atoms with Crippen LogP contribution in [0.25, 0.3) is 5.69 Å². The Morgan fingerprint density at radius 2 is 1.96 bits per heavy atom. The first kappa shape index (κ1) is 20.0. The van der Waals surface area contributed by atoms with E-state index < -0.39 is 11.5 Å². The van der Waals surface area contributed by atoms with Gasteiger partial charge in [-0.1, -0.05) is 26.0 Å². The first-order chi connectivity index (χ1) is 13.4. The number of ether oxygens (including phenoxy) is 1. The number of carbonyl (C=O) groups excluding carboxylic acids is 2. The smallest absolute Gasteiger partial charge is 0.340 e. The Morgan fingerprint density at radius 3 is 2.61 bits per heavy atom. The predicted octanol–water partition coefficient (Wildman–Crippen LogP) is 2.72. The van der Waals surface area contributed by atoms with E-state index in [-0.39, 0.29) is 5.91 Å². The normalized spacial score (nSPS) is 21.9. The lowest BCUT2D eigenvalue weighted by atomic mass is 9.75. The molecule has 1 aromatic heterocycles. The van der Waals surface area contributed by atoms with Gasteiger partial charge in [-0.2, -0.15) is 4.68 Å². The fourth-order valence-corrected chi connectivity index (χ4v) is 4.01. The third-order valence-corrected chi connectivity index (χ3v) is 5.84. The third kappa shape index (κ3) is 3.39. The van der Waals surface area contributed by atoms with Crippen molar-refractivity contribution >= 4 is 11.9 Å². The molecule has 0 unspecified atom stereocenters. The average Bonchev–Trinajstić information content (AvgIpc) is 3.23. The summed E-state index contributed by atoms with van der Waals surface area (Å²) in [4.78, 5) is 26.7. The Hall–Kier alpha value is -2.77. The fraction of sp³-hybridized carbons (Fsp3) is 0.550. The number of benzene rings is 1. The highest BCUT2D eigenvalue weighted by Gasteiger charge is 2.45. The van der Waals surface area contributed by atoms with Crippen LogP contribution < -0.4 is 0 Å². The number of hydrogen-bond donors (Lipinski definition) is 0. The van der Waals surface area contributed by atoms with Crippen LogP contribution in [-0.2, 0) is 15.1 Å². The molecule has 1 heterocycles. The number of tetrazole rings is 1. The van der Waals surface area contributed by atoms with Gasteiger partial charge in [0, 0.05) is 13.5 Å². The lowest BCUT2D eigenvalue weighted by Crippen LogP contribution is -2.50. The molecule has 2 aromatic rings. The summed E-state index contributed by atoms with van der Waals surface area (Å²) in [7, 11) is 3.17. The maximum absolute atomic E-state index is 12.6. The number of methoxy groups -OCH3 is 1. The van der Waals surface area contributed by atoms with Crippen molar-refractivity contribution in [3.8, 4) is 5.69 Å². The van der Waals surface area contributed by atoms with Gasteiger partial charge in [0.15, 0.2) is 5.82 Å². The van der Waals surface area contributed by atoms with Crippen LogP contribution in [0, 0.1) is 5.92 Å². The summed E-state index contributed by atoms with van der Waals surface area (Å²) in [5.41, 5.74) is 0.318. The maximum atomic E-state index is 12.6. The summed E-state index contributed by atoms with van der Waals surface area (Å²) in [5, 5.41) is 12.4. The molecule has 0 atom stereocenters. The van der Waals surface area contributed by atoms with Crippen LogP contribution in [0.2, 0.25) is 0 Å². The van der Waals surface area contributed by atoms with Gasteiger partial charge in [-0.05, 0) is 54.2 Å². The Labute approximate surface area is 164 Å². The number of hydrogen-bond acceptors (Lipinski definition) is 6. The summed E-state index contributed by atoms with van der Waals surface area (Å²) >= 11 is 0. The van der Waals surface area contributed by atoms with Crippen molar-refractivity contribution in [3.05, 3.63) is 35.7 Å². The van der Waals surface area contributed by atoms with E-state index in [1.54, 1.807) is 27.8 Å². The van der Waals surface area contributed by atoms with Crippen molar-refractivity contribution in [3.63, 3.8) is 0 Å². The second-order valence-corrected chi connectivity index (χ2v) is 7.44. The lowest BCUT2D eigenvalue weighted by molar-refractivity contribution is -0.138. The monoisotopic (exact) mass is 385 g/mol. The summed E-state index contributed by atoms with van der Waals surface area (Å²) in [6, 6.07) is 7.06. The van der Waals surface area contributed by atoms with E-state index in [4.69, 9.17) is 4.74 Å². The first-order valence-corrected chi connectivity index (χ1v) is 9.67. The van der Waals surface area contributed by atoms with Gasteiger partial charge >= 0.3 is 5.97 Å². The van der Waals surface area contributed by atoms with Crippen LogP contribution in [0.5, 0.6) is 0 Å². The molecule has 150 valence electrons. The Bertz CT molecular complexity index is 855. The number of amides is 1. The number of aromatic nitrogens is 4. The third-order valence-electron chi connectivity index (χ3n) is 5.84. The zero-order valence-corrected chi connectivity index (χ0v) is 16.9. The van der Waals surface area contributed by atoms with Crippen molar-refractivity contribution in [1.82, 2.24) is 25.1 Å². The van der Waals surface area contributed by atoms with Crippen LogP contribution in [0.4, 0.5) is 0 Å². The van der Waals surface area contributed by atoms with Crippen molar-refractivity contribution in [1.29, 1.82) is 0 Å². The quantitative estimate of drug-likeness (QED) is 0.735. The van der Waals surface area contributed by atoms with Gasteiger partial charge in [-0.3, -0.25) is 4.79 Å². The van der Waals surface area contributed by atoms with Gasteiger partial charge in [0.1, 0.15) is 5.54 Å². The number of esters is 1. The van der Waals surface area contributed by atoms with E-state index in [0.29, 0.717) is 29.4 Å². The molecule has 8 heteroatoms. The molecule has 28 heavy (non-hydrogen) atoms. The maximum Gasteiger partial charge on any atom is 0.340 e. The van der Waals surface area contributed by atoms with Gasteiger partial charge in [-0.15, -0.1) is 5.10 Å². The molecule has 0 spiro atoms. The summed E-state index contributed by atoms with van der Waals surface area (Å²) in [5.74, 6) is 0.761. The van der Waals surface area contributed by atoms with Crippen LogP contribution in [0.3, 0.4) is 0 Å². The predicted molar refractivity (Wildman–Crippen MR) is 103 cm³/mol. The van der Waals surface area contributed by atoms with E-state index in [9.17, 15) is 9.59 Å². The molecule has 0 N–H and O–H groups in total. The molecule has 1 saturated carbocycles. The minimum Gasteiger partial charge on any atom is -0.465 e. The molecule has 1 fully saturated rings. The van der Waals surface area contributed by atoms with E-state index in [1.165, 1.54) is 7.11 Å². The van der Waals surface area contributed by atoms with Crippen molar-refractivity contribution in [2.24, 2.45) is 5.92 Å². The lowest BCUT2D eigenvalue weighted by Gasteiger charge is -2.44.